The quantitative estimate of drug-likeness (QED) is 0.828. The van der Waals surface area contributed by atoms with E-state index < -0.39 is 10.0 Å². The van der Waals surface area contributed by atoms with Crippen LogP contribution in [0.5, 0.6) is 0 Å². The molecule has 1 aromatic rings. The minimum Gasteiger partial charge on any atom is -0.298 e. The predicted octanol–water partition coefficient (Wildman–Crippen LogP) is 2.55. The molecular weight excluding hydrogens is 340 g/mol. The maximum atomic E-state index is 12.5. The van der Waals surface area contributed by atoms with Gasteiger partial charge in [0, 0.05) is 36.7 Å². The average Bonchev–Trinajstić information content (AvgIpc) is 2.47. The van der Waals surface area contributed by atoms with E-state index in [0.29, 0.717) is 24.0 Å². The number of halogens is 1. The molecule has 112 valence electrons. The molecule has 6 heteroatoms. The third-order valence-electron chi connectivity index (χ3n) is 3.94. The average molecular weight is 361 g/mol. The highest BCUT2D eigenvalue weighted by molar-refractivity contribution is 9.10. The Bertz CT molecular complexity index is 537. The molecule has 20 heavy (non-hydrogen) atoms. The van der Waals surface area contributed by atoms with Gasteiger partial charge >= 0.3 is 0 Å². The highest BCUT2D eigenvalue weighted by Crippen LogP contribution is 2.20. The molecule has 0 aromatic heterocycles. The summed E-state index contributed by atoms with van der Waals surface area (Å²) in [6.07, 6.45) is 1.10. The summed E-state index contributed by atoms with van der Waals surface area (Å²) in [5, 5.41) is 0. The first kappa shape index (κ1) is 15.9. The summed E-state index contributed by atoms with van der Waals surface area (Å²) in [5.41, 5.74) is 0. The van der Waals surface area contributed by atoms with Crippen molar-refractivity contribution in [2.75, 3.05) is 26.2 Å². The van der Waals surface area contributed by atoms with Crippen LogP contribution in [0.2, 0.25) is 0 Å². The maximum absolute atomic E-state index is 12.5. The highest BCUT2D eigenvalue weighted by Gasteiger charge is 2.29. The summed E-state index contributed by atoms with van der Waals surface area (Å²) >= 11 is 3.32. The Hall–Kier alpha value is -0.430. The zero-order chi connectivity index (χ0) is 14.8. The number of hydrogen-bond acceptors (Lipinski definition) is 3. The lowest BCUT2D eigenvalue weighted by molar-refractivity contribution is 0.142. The summed E-state index contributed by atoms with van der Waals surface area (Å²) in [7, 11) is -3.35. The molecule has 0 spiro atoms. The van der Waals surface area contributed by atoms with Gasteiger partial charge in [-0.3, -0.25) is 4.90 Å². The zero-order valence-electron chi connectivity index (χ0n) is 11.9. The van der Waals surface area contributed by atoms with Gasteiger partial charge in [0.1, 0.15) is 0 Å². The Labute approximate surface area is 129 Å². The van der Waals surface area contributed by atoms with Gasteiger partial charge in [0.05, 0.1) is 4.90 Å². The van der Waals surface area contributed by atoms with Gasteiger partial charge in [-0.1, -0.05) is 22.9 Å². The van der Waals surface area contributed by atoms with Crippen molar-refractivity contribution in [1.29, 1.82) is 0 Å². The van der Waals surface area contributed by atoms with E-state index in [-0.39, 0.29) is 0 Å². The van der Waals surface area contributed by atoms with Crippen molar-refractivity contribution >= 4 is 26.0 Å². The van der Waals surface area contributed by atoms with Gasteiger partial charge in [0.15, 0.2) is 0 Å². The topological polar surface area (TPSA) is 40.6 Å². The van der Waals surface area contributed by atoms with Crippen LogP contribution in [0.15, 0.2) is 33.6 Å². The van der Waals surface area contributed by atoms with Gasteiger partial charge in [0.2, 0.25) is 10.0 Å². The standard InChI is InChI=1S/C14H21BrN2O2S/c1-3-12(2)16-8-10-17(11-9-16)20(18,19)14-6-4-13(15)5-7-14/h4-7,12H,3,8-11H2,1-2H3. The van der Waals surface area contributed by atoms with Crippen LogP contribution in [-0.2, 0) is 10.0 Å². The third-order valence-corrected chi connectivity index (χ3v) is 6.38. The number of piperazine rings is 1. The van der Waals surface area contributed by atoms with Crippen molar-refractivity contribution in [3.8, 4) is 0 Å². The van der Waals surface area contributed by atoms with Gasteiger partial charge in [0.25, 0.3) is 0 Å². The Kier molecular flexibility index (Phi) is 5.23. The van der Waals surface area contributed by atoms with E-state index in [1.54, 1.807) is 28.6 Å². The monoisotopic (exact) mass is 360 g/mol. The molecule has 1 aliphatic heterocycles. The van der Waals surface area contributed by atoms with Crippen LogP contribution < -0.4 is 0 Å². The lowest BCUT2D eigenvalue weighted by Crippen LogP contribution is -2.51. The van der Waals surface area contributed by atoms with Crippen LogP contribution >= 0.6 is 15.9 Å². The van der Waals surface area contributed by atoms with Crippen molar-refractivity contribution in [1.82, 2.24) is 9.21 Å². The van der Waals surface area contributed by atoms with E-state index in [9.17, 15) is 8.42 Å². The SMILES string of the molecule is CCC(C)N1CCN(S(=O)(=O)c2ccc(Br)cc2)CC1. The van der Waals surface area contributed by atoms with Gasteiger partial charge in [-0.05, 0) is 37.6 Å². The smallest absolute Gasteiger partial charge is 0.243 e. The fraction of sp³-hybridized carbons (Fsp3) is 0.571. The number of benzene rings is 1. The van der Waals surface area contributed by atoms with Crippen molar-refractivity contribution in [3.63, 3.8) is 0 Å². The fourth-order valence-corrected chi connectivity index (χ4v) is 4.09. The Morgan fingerprint density at radius 3 is 2.20 bits per heavy atom. The molecule has 1 aromatic carbocycles. The molecule has 0 saturated carbocycles. The lowest BCUT2D eigenvalue weighted by Gasteiger charge is -2.37. The molecule has 0 bridgehead atoms. The van der Waals surface area contributed by atoms with Gasteiger partial charge in [-0.25, -0.2) is 8.42 Å². The van der Waals surface area contributed by atoms with Crippen LogP contribution in [-0.4, -0.2) is 49.8 Å². The van der Waals surface area contributed by atoms with E-state index in [0.717, 1.165) is 24.0 Å². The molecular formula is C14H21BrN2O2S. The summed E-state index contributed by atoms with van der Waals surface area (Å²) in [6, 6.07) is 7.36. The minimum atomic E-state index is -3.35. The second-order valence-corrected chi connectivity index (χ2v) is 8.00. The summed E-state index contributed by atoms with van der Waals surface area (Å²) in [6.45, 7) is 7.12. The second-order valence-electron chi connectivity index (χ2n) is 5.15. The second kappa shape index (κ2) is 6.56. The molecule has 1 heterocycles. The molecule has 0 aliphatic carbocycles. The Morgan fingerprint density at radius 2 is 1.70 bits per heavy atom. The maximum Gasteiger partial charge on any atom is 0.243 e. The van der Waals surface area contributed by atoms with Crippen LogP contribution in [0.1, 0.15) is 20.3 Å². The molecule has 0 amide bonds. The van der Waals surface area contributed by atoms with E-state index in [2.05, 4.69) is 34.7 Å². The van der Waals surface area contributed by atoms with Gasteiger partial charge in [-0.15, -0.1) is 0 Å². The van der Waals surface area contributed by atoms with Crippen molar-refractivity contribution < 1.29 is 8.42 Å². The van der Waals surface area contributed by atoms with Crippen molar-refractivity contribution in [2.24, 2.45) is 0 Å². The van der Waals surface area contributed by atoms with Crippen LogP contribution in [0, 0.1) is 0 Å². The van der Waals surface area contributed by atoms with E-state index >= 15 is 0 Å². The number of nitrogens with zero attached hydrogens (tertiary/aromatic N) is 2. The van der Waals surface area contributed by atoms with Crippen LogP contribution in [0.4, 0.5) is 0 Å². The van der Waals surface area contributed by atoms with Crippen molar-refractivity contribution in [3.05, 3.63) is 28.7 Å². The first-order valence-electron chi connectivity index (χ1n) is 6.95. The molecule has 1 aliphatic rings. The van der Waals surface area contributed by atoms with Gasteiger partial charge < -0.3 is 0 Å². The molecule has 1 fully saturated rings. The number of sulfonamides is 1. The normalized spacial score (nSPS) is 19.9. The van der Waals surface area contributed by atoms with E-state index in [4.69, 9.17) is 0 Å². The number of rotatable bonds is 4. The summed E-state index contributed by atoms with van der Waals surface area (Å²) in [4.78, 5) is 2.73. The largest absolute Gasteiger partial charge is 0.298 e. The molecule has 0 radical (unpaired) electrons. The van der Waals surface area contributed by atoms with E-state index in [1.165, 1.54) is 0 Å². The lowest BCUT2D eigenvalue weighted by atomic mass is 10.2. The van der Waals surface area contributed by atoms with Crippen molar-refractivity contribution in [2.45, 2.75) is 31.2 Å². The zero-order valence-corrected chi connectivity index (χ0v) is 14.3. The summed E-state index contributed by atoms with van der Waals surface area (Å²) in [5.74, 6) is 0. The first-order chi connectivity index (χ1) is 9.45. The van der Waals surface area contributed by atoms with E-state index in [1.807, 2.05) is 0 Å². The minimum absolute atomic E-state index is 0.373. The summed E-state index contributed by atoms with van der Waals surface area (Å²) < 4.78 is 27.6. The third kappa shape index (κ3) is 3.42. The molecule has 2 rings (SSSR count). The van der Waals surface area contributed by atoms with Crippen LogP contribution in [0.3, 0.4) is 0 Å². The van der Waals surface area contributed by atoms with Crippen LogP contribution in [0.25, 0.3) is 0 Å². The molecule has 1 unspecified atom stereocenters. The van der Waals surface area contributed by atoms with Gasteiger partial charge in [-0.2, -0.15) is 4.31 Å². The molecule has 0 N–H and O–H groups in total. The Morgan fingerprint density at radius 1 is 1.15 bits per heavy atom. The molecule has 1 atom stereocenters. The predicted molar refractivity (Wildman–Crippen MR) is 84.2 cm³/mol. The first-order valence-corrected chi connectivity index (χ1v) is 9.18. The molecule has 4 nitrogen and oxygen atoms in total. The Balaban J connectivity index is 2.07. The molecule has 1 saturated heterocycles. The highest BCUT2D eigenvalue weighted by atomic mass is 79.9. The number of hydrogen-bond donors (Lipinski definition) is 0. The fourth-order valence-electron chi connectivity index (χ4n) is 2.40.